The number of anilines is 1. The molecule has 8 heteroatoms. The van der Waals surface area contributed by atoms with Crippen LogP contribution in [-0.4, -0.2) is 23.6 Å². The van der Waals surface area contributed by atoms with Crippen molar-refractivity contribution in [1.82, 2.24) is 0 Å². The van der Waals surface area contributed by atoms with Crippen LogP contribution < -0.4 is 10.1 Å². The predicted molar refractivity (Wildman–Crippen MR) is 84.6 cm³/mol. The van der Waals surface area contributed by atoms with E-state index in [-0.39, 0.29) is 17.2 Å². The van der Waals surface area contributed by atoms with Gasteiger partial charge in [0.05, 0.1) is 10.6 Å². The van der Waals surface area contributed by atoms with Crippen molar-refractivity contribution in [3.05, 3.63) is 44.7 Å². The molecular formula is C13H9BrClNO4S. The summed E-state index contributed by atoms with van der Waals surface area (Å²) >= 11 is 10.4. The maximum absolute atomic E-state index is 11.8. The molecule has 0 saturated carbocycles. The van der Waals surface area contributed by atoms with E-state index >= 15 is 0 Å². The Morgan fingerprint density at radius 1 is 1.38 bits per heavy atom. The van der Waals surface area contributed by atoms with Gasteiger partial charge < -0.3 is 15.2 Å². The Balaban J connectivity index is 1.96. The van der Waals surface area contributed by atoms with Crippen molar-refractivity contribution in [2.24, 2.45) is 0 Å². The molecule has 1 aromatic carbocycles. The van der Waals surface area contributed by atoms with E-state index in [1.165, 1.54) is 6.07 Å². The van der Waals surface area contributed by atoms with Crippen molar-refractivity contribution < 1.29 is 19.4 Å². The summed E-state index contributed by atoms with van der Waals surface area (Å²) in [4.78, 5) is 22.7. The Morgan fingerprint density at radius 2 is 2.14 bits per heavy atom. The molecule has 2 rings (SSSR count). The lowest BCUT2D eigenvalue weighted by molar-refractivity contribution is -0.118. The molecule has 0 bridgehead atoms. The van der Waals surface area contributed by atoms with Gasteiger partial charge in [-0.2, -0.15) is 0 Å². The van der Waals surface area contributed by atoms with Crippen LogP contribution in [-0.2, 0) is 4.79 Å². The third kappa shape index (κ3) is 4.20. The summed E-state index contributed by atoms with van der Waals surface area (Å²) in [5.74, 6) is -1.18. The second-order valence-electron chi connectivity index (χ2n) is 3.88. The number of ether oxygens (including phenoxy) is 1. The van der Waals surface area contributed by atoms with Crippen LogP contribution in [0.3, 0.4) is 0 Å². The highest BCUT2D eigenvalue weighted by molar-refractivity contribution is 9.10. The molecule has 0 fully saturated rings. The van der Waals surface area contributed by atoms with Crippen LogP contribution in [0.25, 0.3) is 0 Å². The largest absolute Gasteiger partial charge is 0.482 e. The van der Waals surface area contributed by atoms with Crippen molar-refractivity contribution in [3.8, 4) is 5.75 Å². The van der Waals surface area contributed by atoms with Crippen LogP contribution in [0.1, 0.15) is 10.4 Å². The predicted octanol–water partition coefficient (Wildman–Crippen LogP) is 3.88. The maximum atomic E-state index is 11.8. The van der Waals surface area contributed by atoms with Gasteiger partial charge >= 0.3 is 5.97 Å². The summed E-state index contributed by atoms with van der Waals surface area (Å²) in [7, 11) is 0. The topological polar surface area (TPSA) is 75.6 Å². The van der Waals surface area contributed by atoms with Crippen LogP contribution in [0, 0.1) is 0 Å². The quantitative estimate of drug-likeness (QED) is 0.812. The molecule has 0 spiro atoms. The minimum Gasteiger partial charge on any atom is -0.482 e. The van der Waals surface area contributed by atoms with Crippen LogP contribution in [0.15, 0.2) is 34.1 Å². The number of halogens is 2. The summed E-state index contributed by atoms with van der Waals surface area (Å²) < 4.78 is 6.10. The van der Waals surface area contributed by atoms with E-state index in [1.54, 1.807) is 23.6 Å². The molecule has 1 aromatic heterocycles. The highest BCUT2D eigenvalue weighted by atomic mass is 79.9. The number of benzene rings is 1. The average molecular weight is 391 g/mol. The zero-order valence-corrected chi connectivity index (χ0v) is 13.6. The number of carboxylic acids is 1. The van der Waals surface area contributed by atoms with E-state index in [9.17, 15) is 9.59 Å². The lowest BCUT2D eigenvalue weighted by Gasteiger charge is -2.08. The standard InChI is InChI=1S/C13H9BrClNO4S/c14-7-1-2-10(9(15)5-7)20-6-11(17)16-12-8(13(18)19)3-4-21-12/h1-5H,6H2,(H,16,17)(H,18,19). The Hall–Kier alpha value is -1.57. The number of rotatable bonds is 5. The van der Waals surface area contributed by atoms with Gasteiger partial charge in [-0.25, -0.2) is 4.79 Å². The highest BCUT2D eigenvalue weighted by Crippen LogP contribution is 2.28. The van der Waals surface area contributed by atoms with Crippen molar-refractivity contribution >= 4 is 55.7 Å². The molecule has 0 unspecified atom stereocenters. The highest BCUT2D eigenvalue weighted by Gasteiger charge is 2.14. The molecule has 2 aromatic rings. The fraction of sp³-hybridized carbons (Fsp3) is 0.0769. The monoisotopic (exact) mass is 389 g/mol. The second kappa shape index (κ2) is 6.93. The lowest BCUT2D eigenvalue weighted by Crippen LogP contribution is -2.20. The molecule has 0 aliphatic carbocycles. The summed E-state index contributed by atoms with van der Waals surface area (Å²) in [5.41, 5.74) is 0.0509. The van der Waals surface area contributed by atoms with E-state index in [2.05, 4.69) is 21.2 Å². The lowest BCUT2D eigenvalue weighted by atomic mass is 10.3. The molecule has 0 aliphatic rings. The number of hydrogen-bond acceptors (Lipinski definition) is 4. The first-order valence-electron chi connectivity index (χ1n) is 5.66. The SMILES string of the molecule is O=C(COc1ccc(Br)cc1Cl)Nc1sccc1C(=O)O. The maximum Gasteiger partial charge on any atom is 0.338 e. The van der Waals surface area contributed by atoms with E-state index in [0.29, 0.717) is 10.8 Å². The van der Waals surface area contributed by atoms with Gasteiger partial charge in [0.25, 0.3) is 5.91 Å². The van der Waals surface area contributed by atoms with Gasteiger partial charge in [-0.15, -0.1) is 11.3 Å². The smallest absolute Gasteiger partial charge is 0.338 e. The minimum atomic E-state index is -1.09. The number of amides is 1. The molecule has 0 aliphatic heterocycles. The first kappa shape index (κ1) is 15.8. The van der Waals surface area contributed by atoms with Gasteiger partial charge in [-0.3, -0.25) is 4.79 Å². The molecule has 110 valence electrons. The Bertz CT molecular complexity index is 689. The molecular weight excluding hydrogens is 382 g/mol. The zero-order valence-electron chi connectivity index (χ0n) is 10.4. The summed E-state index contributed by atoms with van der Waals surface area (Å²) in [5, 5.41) is 13.7. The third-order valence-electron chi connectivity index (χ3n) is 2.40. The number of carbonyl (C=O) groups is 2. The molecule has 2 N–H and O–H groups in total. The van der Waals surface area contributed by atoms with Crippen molar-refractivity contribution in [1.29, 1.82) is 0 Å². The van der Waals surface area contributed by atoms with Gasteiger partial charge in [0.2, 0.25) is 0 Å². The molecule has 1 amide bonds. The zero-order chi connectivity index (χ0) is 15.4. The molecule has 21 heavy (non-hydrogen) atoms. The van der Waals surface area contributed by atoms with E-state index in [1.807, 2.05) is 0 Å². The summed E-state index contributed by atoms with van der Waals surface area (Å²) in [6.07, 6.45) is 0. The van der Waals surface area contributed by atoms with Gasteiger partial charge in [-0.05, 0) is 29.6 Å². The first-order valence-corrected chi connectivity index (χ1v) is 7.71. The number of carboxylic acid groups (broad SMARTS) is 1. The number of nitrogens with one attached hydrogen (secondary N) is 1. The van der Waals surface area contributed by atoms with Crippen molar-refractivity contribution in [2.75, 3.05) is 11.9 Å². The fourth-order valence-corrected chi connectivity index (χ4v) is 3.00. The van der Waals surface area contributed by atoms with E-state index < -0.39 is 11.9 Å². The Morgan fingerprint density at radius 3 is 2.81 bits per heavy atom. The van der Waals surface area contributed by atoms with Crippen LogP contribution in [0.2, 0.25) is 5.02 Å². The number of aromatic carboxylic acids is 1. The van der Waals surface area contributed by atoms with Gasteiger partial charge in [-0.1, -0.05) is 27.5 Å². The van der Waals surface area contributed by atoms with Crippen molar-refractivity contribution in [3.63, 3.8) is 0 Å². The number of hydrogen-bond donors (Lipinski definition) is 2. The number of carbonyl (C=O) groups excluding carboxylic acids is 1. The van der Waals surface area contributed by atoms with E-state index in [0.717, 1.165) is 15.8 Å². The molecule has 1 heterocycles. The van der Waals surface area contributed by atoms with Crippen LogP contribution in [0.4, 0.5) is 5.00 Å². The van der Waals surface area contributed by atoms with Crippen LogP contribution in [0.5, 0.6) is 5.75 Å². The summed E-state index contributed by atoms with van der Waals surface area (Å²) in [6.45, 7) is -0.266. The number of thiophene rings is 1. The first-order chi connectivity index (χ1) is 9.97. The van der Waals surface area contributed by atoms with Gasteiger partial charge in [0, 0.05) is 4.47 Å². The van der Waals surface area contributed by atoms with Crippen LogP contribution >= 0.6 is 38.9 Å². The molecule has 0 radical (unpaired) electrons. The second-order valence-corrected chi connectivity index (χ2v) is 6.12. The van der Waals surface area contributed by atoms with Gasteiger partial charge in [0.1, 0.15) is 10.8 Å². The normalized spacial score (nSPS) is 10.2. The Labute approximate surface area is 137 Å². The average Bonchev–Trinajstić information content (AvgIpc) is 2.86. The fourth-order valence-electron chi connectivity index (χ4n) is 1.47. The summed E-state index contributed by atoms with van der Waals surface area (Å²) in [6, 6.07) is 6.44. The van der Waals surface area contributed by atoms with Gasteiger partial charge in [0.15, 0.2) is 6.61 Å². The van der Waals surface area contributed by atoms with Crippen molar-refractivity contribution in [2.45, 2.75) is 0 Å². The Kier molecular flexibility index (Phi) is 5.22. The molecule has 0 atom stereocenters. The van der Waals surface area contributed by atoms with E-state index in [4.69, 9.17) is 21.4 Å². The molecule has 5 nitrogen and oxygen atoms in total. The molecule has 0 saturated heterocycles. The third-order valence-corrected chi connectivity index (χ3v) is 4.02. The minimum absolute atomic E-state index is 0.0509.